The van der Waals surface area contributed by atoms with Gasteiger partial charge in [-0.1, -0.05) is 42.5 Å². The van der Waals surface area contributed by atoms with Crippen molar-refractivity contribution in [2.24, 2.45) is 0 Å². The van der Waals surface area contributed by atoms with Gasteiger partial charge in [-0.05, 0) is 35.9 Å². The zero-order valence-electron chi connectivity index (χ0n) is 18.7. The molecule has 0 fully saturated rings. The summed E-state index contributed by atoms with van der Waals surface area (Å²) in [4.78, 5) is 56.2. The van der Waals surface area contributed by atoms with Crippen molar-refractivity contribution in [2.45, 2.75) is 0 Å². The molecule has 0 saturated heterocycles. The average Bonchev–Trinajstić information content (AvgIpc) is 3.43. The SMILES string of the molecule is O=C1C=CC(=O)N1c1ccc(C2=C(c3ccc(N4C(=O)C=CC4=O)cc3)c3ccccc3ON2)cc1. The lowest BCUT2D eigenvalue weighted by Crippen LogP contribution is -2.29. The number of rotatable bonds is 4. The van der Waals surface area contributed by atoms with Crippen LogP contribution in [0.1, 0.15) is 16.7 Å². The molecule has 0 spiro atoms. The van der Waals surface area contributed by atoms with Crippen LogP contribution in [0.3, 0.4) is 0 Å². The van der Waals surface area contributed by atoms with Gasteiger partial charge in [0.05, 0.1) is 17.1 Å². The summed E-state index contributed by atoms with van der Waals surface area (Å²) in [6.45, 7) is 0. The van der Waals surface area contributed by atoms with Crippen LogP contribution in [0.2, 0.25) is 0 Å². The second-order valence-corrected chi connectivity index (χ2v) is 8.23. The van der Waals surface area contributed by atoms with Crippen LogP contribution in [0.4, 0.5) is 11.4 Å². The predicted molar refractivity (Wildman–Crippen MR) is 132 cm³/mol. The van der Waals surface area contributed by atoms with Gasteiger partial charge in [0.2, 0.25) is 0 Å². The number of imide groups is 2. The van der Waals surface area contributed by atoms with Crippen LogP contribution in [0.15, 0.2) is 97.1 Å². The lowest BCUT2D eigenvalue weighted by Gasteiger charge is -2.26. The highest BCUT2D eigenvalue weighted by molar-refractivity contribution is 6.28. The normalized spacial score (nSPS) is 16.6. The minimum atomic E-state index is -0.383. The summed E-state index contributed by atoms with van der Waals surface area (Å²) in [5.74, 6) is -0.880. The number of nitrogens with one attached hydrogen (secondary N) is 1. The molecule has 6 rings (SSSR count). The highest BCUT2D eigenvalue weighted by Gasteiger charge is 2.28. The van der Waals surface area contributed by atoms with Gasteiger partial charge in [0, 0.05) is 41.0 Å². The van der Waals surface area contributed by atoms with Crippen LogP contribution >= 0.6 is 0 Å². The summed E-state index contributed by atoms with van der Waals surface area (Å²) < 4.78 is 0. The maximum atomic E-state index is 12.1. The van der Waals surface area contributed by atoms with Crippen molar-refractivity contribution in [1.29, 1.82) is 0 Å². The van der Waals surface area contributed by atoms with E-state index in [2.05, 4.69) is 5.48 Å². The first-order valence-corrected chi connectivity index (χ1v) is 11.1. The molecular formula is C28H17N3O5. The van der Waals surface area contributed by atoms with E-state index in [4.69, 9.17) is 4.84 Å². The van der Waals surface area contributed by atoms with Gasteiger partial charge in [0.15, 0.2) is 5.75 Å². The summed E-state index contributed by atoms with van der Waals surface area (Å²) >= 11 is 0. The number of anilines is 2. The molecule has 3 aromatic rings. The second kappa shape index (κ2) is 8.21. The Morgan fingerprint density at radius 1 is 0.556 bits per heavy atom. The van der Waals surface area contributed by atoms with E-state index in [1.165, 1.54) is 24.3 Å². The molecule has 0 aromatic heterocycles. The summed E-state index contributed by atoms with van der Waals surface area (Å²) in [5.41, 5.74) is 7.96. The Labute approximate surface area is 205 Å². The number of fused-ring (bicyclic) bond motifs is 1. The highest BCUT2D eigenvalue weighted by Crippen LogP contribution is 2.40. The zero-order chi connectivity index (χ0) is 24.8. The molecule has 3 aromatic carbocycles. The van der Waals surface area contributed by atoms with Gasteiger partial charge < -0.3 is 4.84 Å². The van der Waals surface area contributed by atoms with Crippen LogP contribution in [0.25, 0.3) is 11.3 Å². The van der Waals surface area contributed by atoms with Crippen molar-refractivity contribution < 1.29 is 24.0 Å². The van der Waals surface area contributed by atoms with E-state index in [9.17, 15) is 19.2 Å². The number of hydroxylamine groups is 1. The second-order valence-electron chi connectivity index (χ2n) is 8.23. The maximum absolute atomic E-state index is 12.1. The number of nitrogens with zero attached hydrogens (tertiary/aromatic N) is 2. The van der Waals surface area contributed by atoms with Crippen molar-refractivity contribution in [2.75, 3.05) is 9.80 Å². The summed E-state index contributed by atoms with van der Waals surface area (Å²) in [6.07, 6.45) is 4.98. The van der Waals surface area contributed by atoms with Crippen LogP contribution in [0.5, 0.6) is 5.75 Å². The Balaban J connectivity index is 1.42. The van der Waals surface area contributed by atoms with E-state index in [-0.39, 0.29) is 23.6 Å². The van der Waals surface area contributed by atoms with Crippen molar-refractivity contribution >= 4 is 46.3 Å². The Bertz CT molecular complexity index is 1510. The van der Waals surface area contributed by atoms with Crippen molar-refractivity contribution in [1.82, 2.24) is 5.48 Å². The first-order chi connectivity index (χ1) is 17.5. The molecule has 0 atom stereocenters. The van der Waals surface area contributed by atoms with Gasteiger partial charge in [0.25, 0.3) is 23.6 Å². The van der Waals surface area contributed by atoms with E-state index in [1.54, 1.807) is 36.4 Å². The first kappa shape index (κ1) is 21.3. The molecule has 0 aliphatic carbocycles. The Kier molecular flexibility index (Phi) is 4.86. The number of carbonyl (C=O) groups excluding carboxylic acids is 4. The minimum Gasteiger partial charge on any atom is -0.381 e. The van der Waals surface area contributed by atoms with Gasteiger partial charge in [0.1, 0.15) is 0 Å². The standard InChI is InChI=1S/C28H17N3O5/c32-23-13-14-24(33)30(23)19-9-5-17(6-10-19)27-21-3-1-2-4-22(21)36-29-28(27)18-7-11-20(12-8-18)31-25(34)15-16-26(31)35/h1-16,29H. The number of hydrogen-bond donors (Lipinski definition) is 1. The molecule has 174 valence electrons. The minimum absolute atomic E-state index is 0.379. The number of carbonyl (C=O) groups is 4. The van der Waals surface area contributed by atoms with E-state index >= 15 is 0 Å². The largest absolute Gasteiger partial charge is 0.381 e. The molecule has 3 aliphatic heterocycles. The summed E-state index contributed by atoms with van der Waals surface area (Å²) in [7, 11) is 0. The zero-order valence-corrected chi connectivity index (χ0v) is 18.7. The summed E-state index contributed by atoms with van der Waals surface area (Å²) in [5, 5.41) is 0. The quantitative estimate of drug-likeness (QED) is 0.582. The summed E-state index contributed by atoms with van der Waals surface area (Å²) in [6, 6.07) is 21.7. The fraction of sp³-hybridized carbons (Fsp3) is 0. The third kappa shape index (κ3) is 3.40. The molecule has 3 heterocycles. The Morgan fingerprint density at radius 3 is 1.56 bits per heavy atom. The molecule has 3 aliphatic rings. The van der Waals surface area contributed by atoms with Gasteiger partial charge in [-0.25, -0.2) is 15.3 Å². The fourth-order valence-electron chi connectivity index (χ4n) is 4.42. The molecule has 8 nitrogen and oxygen atoms in total. The van der Waals surface area contributed by atoms with E-state index in [1.807, 2.05) is 36.4 Å². The highest BCUT2D eigenvalue weighted by atomic mass is 16.6. The van der Waals surface area contributed by atoms with Gasteiger partial charge in [-0.3, -0.25) is 19.2 Å². The molecule has 4 amide bonds. The van der Waals surface area contributed by atoms with Crippen molar-refractivity contribution in [3.05, 3.63) is 114 Å². The van der Waals surface area contributed by atoms with E-state index in [0.717, 1.165) is 32.1 Å². The monoisotopic (exact) mass is 475 g/mol. The molecular weight excluding hydrogens is 458 g/mol. The van der Waals surface area contributed by atoms with E-state index < -0.39 is 0 Å². The van der Waals surface area contributed by atoms with Gasteiger partial charge in [-0.2, -0.15) is 0 Å². The smallest absolute Gasteiger partial charge is 0.258 e. The Hall–Kier alpha value is -5.24. The fourth-order valence-corrected chi connectivity index (χ4v) is 4.42. The molecule has 36 heavy (non-hydrogen) atoms. The van der Waals surface area contributed by atoms with Crippen LogP contribution < -0.4 is 20.1 Å². The average molecular weight is 475 g/mol. The number of hydrogen-bond acceptors (Lipinski definition) is 6. The molecule has 8 heteroatoms. The molecule has 0 radical (unpaired) electrons. The first-order valence-electron chi connectivity index (χ1n) is 11.1. The molecule has 1 N–H and O–H groups in total. The van der Waals surface area contributed by atoms with Crippen molar-refractivity contribution in [3.63, 3.8) is 0 Å². The lowest BCUT2D eigenvalue weighted by atomic mass is 9.91. The molecule has 0 unspecified atom stereocenters. The van der Waals surface area contributed by atoms with Crippen LogP contribution in [0, 0.1) is 0 Å². The third-order valence-electron chi connectivity index (χ3n) is 6.12. The Morgan fingerprint density at radius 2 is 1.03 bits per heavy atom. The third-order valence-corrected chi connectivity index (χ3v) is 6.12. The van der Waals surface area contributed by atoms with Crippen molar-refractivity contribution in [3.8, 4) is 5.75 Å². The number of para-hydroxylation sites is 1. The predicted octanol–water partition coefficient (Wildman–Crippen LogP) is 3.36. The molecule has 0 bridgehead atoms. The number of amides is 4. The number of benzene rings is 3. The molecule has 0 saturated carbocycles. The van der Waals surface area contributed by atoms with Gasteiger partial charge in [-0.15, -0.1) is 0 Å². The van der Waals surface area contributed by atoms with Gasteiger partial charge >= 0.3 is 0 Å². The topological polar surface area (TPSA) is 96.0 Å². The van der Waals surface area contributed by atoms with E-state index in [0.29, 0.717) is 22.8 Å². The lowest BCUT2D eigenvalue weighted by molar-refractivity contribution is -0.121. The van der Waals surface area contributed by atoms with Crippen LogP contribution in [-0.2, 0) is 19.2 Å². The van der Waals surface area contributed by atoms with Crippen LogP contribution in [-0.4, -0.2) is 23.6 Å². The maximum Gasteiger partial charge on any atom is 0.258 e.